The van der Waals surface area contributed by atoms with Crippen LogP contribution in [0.25, 0.3) is 0 Å². The van der Waals surface area contributed by atoms with Crippen LogP contribution in [-0.2, 0) is 4.79 Å². The highest BCUT2D eigenvalue weighted by molar-refractivity contribution is 5.96. The summed E-state index contributed by atoms with van der Waals surface area (Å²) in [4.78, 5) is 21.5. The van der Waals surface area contributed by atoms with Crippen LogP contribution >= 0.6 is 0 Å². The lowest BCUT2D eigenvalue weighted by Gasteiger charge is -2.31. The molecule has 2 saturated heterocycles. The van der Waals surface area contributed by atoms with Gasteiger partial charge in [0.1, 0.15) is 23.2 Å². The number of nitrogens with zero attached hydrogens (tertiary/aromatic N) is 3. The van der Waals surface area contributed by atoms with Crippen LogP contribution in [0.3, 0.4) is 0 Å². The predicted octanol–water partition coefficient (Wildman–Crippen LogP) is 3.45. The van der Waals surface area contributed by atoms with Crippen molar-refractivity contribution in [2.45, 2.75) is 44.1 Å². The summed E-state index contributed by atoms with van der Waals surface area (Å²) in [6, 6.07) is 7.51. The molecule has 2 aliphatic heterocycles. The van der Waals surface area contributed by atoms with E-state index in [1.807, 2.05) is 12.1 Å². The molecule has 1 aromatic heterocycles. The maximum atomic E-state index is 14.7. The summed E-state index contributed by atoms with van der Waals surface area (Å²) in [5.74, 6) is -1.30. The summed E-state index contributed by atoms with van der Waals surface area (Å²) in [7, 11) is 1.35. The van der Waals surface area contributed by atoms with Gasteiger partial charge in [-0.15, -0.1) is 0 Å². The number of hydrogen-bond donors (Lipinski definition) is 1. The lowest BCUT2D eigenvalue weighted by atomic mass is 9.91. The Kier molecular flexibility index (Phi) is 6.71. The van der Waals surface area contributed by atoms with Crippen LogP contribution in [0.5, 0.6) is 5.75 Å². The van der Waals surface area contributed by atoms with E-state index in [1.165, 1.54) is 7.11 Å². The Bertz CT molecular complexity index is 956. The zero-order chi connectivity index (χ0) is 22.8. The molecule has 0 radical (unpaired) electrons. The number of aliphatic hydroxyl groups excluding tert-OH is 1. The highest BCUT2D eigenvalue weighted by Gasteiger charge is 2.42. The third-order valence-corrected chi connectivity index (χ3v) is 6.74. The normalized spacial score (nSPS) is 22.5. The fraction of sp³-hybridized carbons (Fsp3) is 0.500. The SMILES string of the molecule is COc1cc(F)c(C2CC(=O)N(c3cccc(C4CCN(CCO)CC4)n3)C2C)c(F)c1. The van der Waals surface area contributed by atoms with E-state index < -0.39 is 23.6 Å². The Labute approximate surface area is 186 Å². The van der Waals surface area contributed by atoms with E-state index in [4.69, 9.17) is 14.8 Å². The molecule has 172 valence electrons. The monoisotopic (exact) mass is 445 g/mol. The molecule has 2 aromatic rings. The molecule has 0 saturated carbocycles. The van der Waals surface area contributed by atoms with Crippen LogP contribution in [0.15, 0.2) is 30.3 Å². The number of carbonyl (C=O) groups excluding carboxylic acids is 1. The summed E-state index contributed by atoms with van der Waals surface area (Å²) in [6.45, 7) is 4.44. The molecule has 4 rings (SSSR count). The second kappa shape index (κ2) is 9.50. The number of aromatic nitrogens is 1. The van der Waals surface area contributed by atoms with Gasteiger partial charge in [-0.05, 0) is 45.0 Å². The van der Waals surface area contributed by atoms with Gasteiger partial charge in [0.15, 0.2) is 0 Å². The minimum atomic E-state index is -0.704. The lowest BCUT2D eigenvalue weighted by Crippen LogP contribution is -2.36. The first-order valence-corrected chi connectivity index (χ1v) is 11.1. The van der Waals surface area contributed by atoms with E-state index in [0.717, 1.165) is 43.8 Å². The summed E-state index contributed by atoms with van der Waals surface area (Å²) in [6.07, 6.45) is 1.89. The van der Waals surface area contributed by atoms with Crippen molar-refractivity contribution >= 4 is 11.7 Å². The van der Waals surface area contributed by atoms with Crippen molar-refractivity contribution in [3.63, 3.8) is 0 Å². The zero-order valence-electron chi connectivity index (χ0n) is 18.4. The molecular weight excluding hydrogens is 416 g/mol. The number of pyridine rings is 1. The number of carbonyl (C=O) groups is 1. The number of ether oxygens (including phenoxy) is 1. The van der Waals surface area contributed by atoms with Crippen molar-refractivity contribution in [3.05, 3.63) is 53.2 Å². The first-order chi connectivity index (χ1) is 15.4. The molecule has 1 N–H and O–H groups in total. The van der Waals surface area contributed by atoms with E-state index >= 15 is 0 Å². The molecule has 0 bridgehead atoms. The molecule has 0 spiro atoms. The number of β-amino-alcohol motifs (C(OH)–C–C–N with tert-alkyl or cyclic N) is 1. The Morgan fingerprint density at radius 1 is 1.19 bits per heavy atom. The Hall–Kier alpha value is -2.58. The average Bonchev–Trinajstić information content (AvgIpc) is 3.07. The highest BCUT2D eigenvalue weighted by Crippen LogP contribution is 2.40. The fourth-order valence-electron chi connectivity index (χ4n) is 4.97. The number of hydrogen-bond acceptors (Lipinski definition) is 5. The van der Waals surface area contributed by atoms with Crippen LogP contribution < -0.4 is 9.64 Å². The lowest BCUT2D eigenvalue weighted by molar-refractivity contribution is -0.117. The molecule has 2 fully saturated rings. The van der Waals surface area contributed by atoms with E-state index in [0.29, 0.717) is 12.4 Å². The van der Waals surface area contributed by atoms with Gasteiger partial charge in [0.2, 0.25) is 5.91 Å². The number of anilines is 1. The van der Waals surface area contributed by atoms with Crippen molar-refractivity contribution < 1.29 is 23.4 Å². The summed E-state index contributed by atoms with van der Waals surface area (Å²) in [5.41, 5.74) is 0.845. The molecule has 32 heavy (non-hydrogen) atoms. The van der Waals surface area contributed by atoms with Crippen LogP contribution in [0.1, 0.15) is 49.3 Å². The van der Waals surface area contributed by atoms with Crippen LogP contribution in [0, 0.1) is 11.6 Å². The van der Waals surface area contributed by atoms with Gasteiger partial charge < -0.3 is 14.7 Å². The van der Waals surface area contributed by atoms with Crippen LogP contribution in [-0.4, -0.2) is 60.3 Å². The van der Waals surface area contributed by atoms with Gasteiger partial charge in [0, 0.05) is 54.2 Å². The molecule has 8 heteroatoms. The number of amides is 1. The van der Waals surface area contributed by atoms with Crippen LogP contribution in [0.4, 0.5) is 14.6 Å². The van der Waals surface area contributed by atoms with Crippen molar-refractivity contribution in [3.8, 4) is 5.75 Å². The molecular formula is C24H29F2N3O3. The van der Waals surface area contributed by atoms with Gasteiger partial charge >= 0.3 is 0 Å². The zero-order valence-corrected chi connectivity index (χ0v) is 18.4. The van der Waals surface area contributed by atoms with Crippen molar-refractivity contribution in [2.24, 2.45) is 0 Å². The Morgan fingerprint density at radius 2 is 1.88 bits per heavy atom. The molecule has 1 amide bonds. The molecule has 2 aliphatic rings. The maximum absolute atomic E-state index is 14.7. The van der Waals surface area contributed by atoms with Crippen molar-refractivity contribution in [2.75, 3.05) is 38.3 Å². The number of halogens is 2. The quantitative estimate of drug-likeness (QED) is 0.738. The van der Waals surface area contributed by atoms with Gasteiger partial charge in [-0.1, -0.05) is 6.07 Å². The van der Waals surface area contributed by atoms with Gasteiger partial charge in [-0.3, -0.25) is 9.69 Å². The van der Waals surface area contributed by atoms with Crippen molar-refractivity contribution in [1.29, 1.82) is 0 Å². The molecule has 6 nitrogen and oxygen atoms in total. The third-order valence-electron chi connectivity index (χ3n) is 6.74. The van der Waals surface area contributed by atoms with Gasteiger partial charge in [-0.2, -0.15) is 0 Å². The molecule has 2 atom stereocenters. The van der Waals surface area contributed by atoms with Crippen LogP contribution in [0.2, 0.25) is 0 Å². The number of aliphatic hydroxyl groups is 1. The average molecular weight is 446 g/mol. The Morgan fingerprint density at radius 3 is 2.50 bits per heavy atom. The largest absolute Gasteiger partial charge is 0.497 e. The summed E-state index contributed by atoms with van der Waals surface area (Å²) < 4.78 is 34.3. The smallest absolute Gasteiger partial charge is 0.229 e. The Balaban J connectivity index is 1.55. The van der Waals surface area contributed by atoms with Gasteiger partial charge in [-0.25, -0.2) is 13.8 Å². The van der Waals surface area contributed by atoms with Crippen molar-refractivity contribution in [1.82, 2.24) is 9.88 Å². The summed E-state index contributed by atoms with van der Waals surface area (Å²) >= 11 is 0. The minimum Gasteiger partial charge on any atom is -0.497 e. The second-order valence-electron chi connectivity index (χ2n) is 8.58. The molecule has 3 heterocycles. The minimum absolute atomic E-state index is 0.0206. The summed E-state index contributed by atoms with van der Waals surface area (Å²) in [5, 5.41) is 9.13. The number of methoxy groups -OCH3 is 1. The van der Waals surface area contributed by atoms with E-state index in [2.05, 4.69) is 4.90 Å². The first kappa shape index (κ1) is 22.6. The maximum Gasteiger partial charge on any atom is 0.229 e. The van der Waals surface area contributed by atoms with E-state index in [9.17, 15) is 13.6 Å². The second-order valence-corrected chi connectivity index (χ2v) is 8.58. The number of piperidine rings is 1. The molecule has 2 unspecified atom stereocenters. The highest BCUT2D eigenvalue weighted by atomic mass is 19.1. The number of benzene rings is 1. The standard InChI is InChI=1S/C24H29F2N3O3/c1-15-18(24-19(25)12-17(32-2)13-20(24)26)14-23(31)29(15)22-5-3-4-21(27-22)16-6-8-28(9-7-16)10-11-30/h3-5,12-13,15-16,18,30H,6-11,14H2,1-2H3. The topological polar surface area (TPSA) is 65.9 Å². The number of likely N-dealkylation sites (tertiary alicyclic amines) is 1. The van der Waals surface area contributed by atoms with E-state index in [-0.39, 0.29) is 36.2 Å². The third kappa shape index (κ3) is 4.34. The fourth-order valence-corrected chi connectivity index (χ4v) is 4.97. The predicted molar refractivity (Wildman–Crippen MR) is 117 cm³/mol. The van der Waals surface area contributed by atoms with Gasteiger partial charge in [0.05, 0.1) is 13.7 Å². The molecule has 0 aliphatic carbocycles. The number of rotatable bonds is 6. The molecule has 1 aromatic carbocycles. The first-order valence-electron chi connectivity index (χ1n) is 11.1. The van der Waals surface area contributed by atoms with E-state index in [1.54, 1.807) is 17.9 Å². The van der Waals surface area contributed by atoms with Gasteiger partial charge in [0.25, 0.3) is 0 Å².